The number of rotatable bonds is 6. The van der Waals surface area contributed by atoms with Crippen LogP contribution in [0.5, 0.6) is 0 Å². The summed E-state index contributed by atoms with van der Waals surface area (Å²) >= 11 is 0. The highest BCUT2D eigenvalue weighted by molar-refractivity contribution is 5.76. The van der Waals surface area contributed by atoms with E-state index in [1.807, 2.05) is 19.2 Å². The molecule has 0 aliphatic carbocycles. The van der Waals surface area contributed by atoms with Crippen LogP contribution in [0.25, 0.3) is 0 Å². The van der Waals surface area contributed by atoms with Gasteiger partial charge in [0.05, 0.1) is 0 Å². The van der Waals surface area contributed by atoms with Gasteiger partial charge in [-0.05, 0) is 25.1 Å². The fourth-order valence-corrected chi connectivity index (χ4v) is 1.99. The van der Waals surface area contributed by atoms with Crippen molar-refractivity contribution < 1.29 is 4.79 Å². The van der Waals surface area contributed by atoms with Crippen LogP contribution in [0.4, 0.5) is 0 Å². The summed E-state index contributed by atoms with van der Waals surface area (Å²) in [5.74, 6) is 0.118. The molecule has 1 atom stereocenters. The molecule has 0 heterocycles. The monoisotopic (exact) mass is 263 g/mol. The van der Waals surface area contributed by atoms with Gasteiger partial charge in [0, 0.05) is 39.6 Å². The molecule has 0 aromatic heterocycles. The Bertz CT molecular complexity index is 418. The molecule has 106 valence electrons. The maximum Gasteiger partial charge on any atom is 0.223 e. The van der Waals surface area contributed by atoms with Gasteiger partial charge in [-0.1, -0.05) is 24.3 Å². The zero-order chi connectivity index (χ0) is 14.4. The average Bonchev–Trinajstić information content (AvgIpc) is 2.38. The molecule has 0 bridgehead atoms. The van der Waals surface area contributed by atoms with E-state index in [9.17, 15) is 4.79 Å². The van der Waals surface area contributed by atoms with E-state index in [0.29, 0.717) is 13.0 Å². The second kappa shape index (κ2) is 7.26. The van der Waals surface area contributed by atoms with Gasteiger partial charge in [-0.3, -0.25) is 9.69 Å². The van der Waals surface area contributed by atoms with Gasteiger partial charge in [-0.2, -0.15) is 0 Å². The molecular formula is C15H25N3O. The molecule has 0 aliphatic rings. The summed E-state index contributed by atoms with van der Waals surface area (Å²) in [6.07, 6.45) is 0.464. The summed E-state index contributed by atoms with van der Waals surface area (Å²) in [4.78, 5) is 15.6. The first-order chi connectivity index (χ1) is 8.95. The van der Waals surface area contributed by atoms with Crippen molar-refractivity contribution in [3.8, 4) is 0 Å². The maximum absolute atomic E-state index is 11.8. The fourth-order valence-electron chi connectivity index (χ4n) is 1.99. The number of likely N-dealkylation sites (N-methyl/N-ethyl adjacent to an activating group) is 1. The Kier molecular flexibility index (Phi) is 5.99. The van der Waals surface area contributed by atoms with Crippen LogP contribution in [0.3, 0.4) is 0 Å². The average molecular weight is 263 g/mol. The van der Waals surface area contributed by atoms with Gasteiger partial charge in [0.2, 0.25) is 5.91 Å². The van der Waals surface area contributed by atoms with Crippen molar-refractivity contribution in [1.29, 1.82) is 0 Å². The molecule has 4 nitrogen and oxygen atoms in total. The number of nitrogens with zero attached hydrogens (tertiary/aromatic N) is 2. The first-order valence-corrected chi connectivity index (χ1v) is 6.60. The topological polar surface area (TPSA) is 49.6 Å². The largest absolute Gasteiger partial charge is 0.349 e. The molecule has 4 heteroatoms. The molecule has 0 spiro atoms. The first-order valence-electron chi connectivity index (χ1n) is 6.60. The van der Waals surface area contributed by atoms with E-state index >= 15 is 0 Å². The first kappa shape index (κ1) is 15.7. The zero-order valence-corrected chi connectivity index (χ0v) is 12.4. The molecule has 1 amide bonds. The number of amides is 1. The number of carbonyl (C=O) groups is 1. The quantitative estimate of drug-likeness (QED) is 0.840. The summed E-state index contributed by atoms with van der Waals surface area (Å²) in [5.41, 5.74) is 8.35. The summed E-state index contributed by atoms with van der Waals surface area (Å²) in [5, 5.41) is 0. The zero-order valence-electron chi connectivity index (χ0n) is 12.4. The van der Waals surface area contributed by atoms with E-state index in [1.54, 1.807) is 19.0 Å². The smallest absolute Gasteiger partial charge is 0.223 e. The molecule has 1 aromatic rings. The van der Waals surface area contributed by atoms with Crippen LogP contribution >= 0.6 is 0 Å². The van der Waals surface area contributed by atoms with Crippen molar-refractivity contribution in [2.45, 2.75) is 25.9 Å². The lowest BCUT2D eigenvalue weighted by molar-refractivity contribution is -0.129. The lowest BCUT2D eigenvalue weighted by Crippen LogP contribution is -2.41. The van der Waals surface area contributed by atoms with Gasteiger partial charge in [0.25, 0.3) is 0 Å². The summed E-state index contributed by atoms with van der Waals surface area (Å²) in [7, 11) is 5.57. The van der Waals surface area contributed by atoms with Crippen molar-refractivity contribution in [2.24, 2.45) is 5.73 Å². The van der Waals surface area contributed by atoms with E-state index in [0.717, 1.165) is 6.54 Å². The Hall–Kier alpha value is -1.39. The standard InChI is InChI=1S/C15H25N3O/c1-12-7-5-6-8-13(12)11-18(4)14(10-16)9-15(19)17(2)3/h5-8,14H,9-11,16H2,1-4H3. The predicted molar refractivity (Wildman–Crippen MR) is 78.8 cm³/mol. The fraction of sp³-hybridized carbons (Fsp3) is 0.533. The Labute approximate surface area is 116 Å². The van der Waals surface area contributed by atoms with Crippen LogP contribution in [-0.4, -0.2) is 49.4 Å². The van der Waals surface area contributed by atoms with Crippen molar-refractivity contribution >= 4 is 5.91 Å². The third kappa shape index (κ3) is 4.65. The van der Waals surface area contributed by atoms with Gasteiger partial charge >= 0.3 is 0 Å². The normalized spacial score (nSPS) is 12.5. The second-order valence-corrected chi connectivity index (χ2v) is 5.22. The molecular weight excluding hydrogens is 238 g/mol. The SMILES string of the molecule is Cc1ccccc1CN(C)C(CN)CC(=O)N(C)C. The minimum absolute atomic E-state index is 0.0782. The van der Waals surface area contributed by atoms with E-state index < -0.39 is 0 Å². The Morgan fingerprint density at radius 1 is 1.26 bits per heavy atom. The molecule has 0 radical (unpaired) electrons. The van der Waals surface area contributed by atoms with E-state index in [4.69, 9.17) is 5.73 Å². The van der Waals surface area contributed by atoms with Crippen LogP contribution in [0.1, 0.15) is 17.5 Å². The lowest BCUT2D eigenvalue weighted by atomic mass is 10.1. The predicted octanol–water partition coefficient (Wildman–Crippen LogP) is 1.23. The second-order valence-electron chi connectivity index (χ2n) is 5.22. The van der Waals surface area contributed by atoms with Crippen molar-refractivity contribution in [1.82, 2.24) is 9.80 Å². The van der Waals surface area contributed by atoms with Crippen LogP contribution in [0, 0.1) is 6.92 Å². The highest BCUT2D eigenvalue weighted by Crippen LogP contribution is 2.12. The molecule has 0 saturated carbocycles. The molecule has 2 N–H and O–H groups in total. The van der Waals surface area contributed by atoms with Crippen LogP contribution in [0.2, 0.25) is 0 Å². The van der Waals surface area contributed by atoms with Crippen LogP contribution < -0.4 is 5.73 Å². The number of carbonyl (C=O) groups excluding carboxylic acids is 1. The van der Waals surface area contributed by atoms with Crippen LogP contribution in [0.15, 0.2) is 24.3 Å². The van der Waals surface area contributed by atoms with Gasteiger partial charge in [0.15, 0.2) is 0 Å². The number of aryl methyl sites for hydroxylation is 1. The van der Waals surface area contributed by atoms with E-state index in [1.165, 1.54) is 11.1 Å². The molecule has 1 aromatic carbocycles. The number of hydrogen-bond acceptors (Lipinski definition) is 3. The maximum atomic E-state index is 11.8. The number of hydrogen-bond donors (Lipinski definition) is 1. The van der Waals surface area contributed by atoms with Crippen molar-refractivity contribution in [3.05, 3.63) is 35.4 Å². The molecule has 1 unspecified atom stereocenters. The minimum atomic E-state index is 0.0782. The Morgan fingerprint density at radius 2 is 1.89 bits per heavy atom. The van der Waals surface area contributed by atoms with Crippen molar-refractivity contribution in [2.75, 3.05) is 27.7 Å². The lowest BCUT2D eigenvalue weighted by Gasteiger charge is -2.28. The van der Waals surface area contributed by atoms with Gasteiger partial charge in [-0.25, -0.2) is 0 Å². The molecule has 0 fully saturated rings. The van der Waals surface area contributed by atoms with Gasteiger partial charge < -0.3 is 10.6 Å². The third-order valence-electron chi connectivity index (χ3n) is 3.49. The Balaban J connectivity index is 2.66. The summed E-state index contributed by atoms with van der Waals surface area (Å²) in [6.45, 7) is 3.41. The Morgan fingerprint density at radius 3 is 2.42 bits per heavy atom. The highest BCUT2D eigenvalue weighted by Gasteiger charge is 2.18. The molecule has 0 saturated heterocycles. The number of benzene rings is 1. The van der Waals surface area contributed by atoms with E-state index in [-0.39, 0.29) is 11.9 Å². The molecule has 19 heavy (non-hydrogen) atoms. The number of nitrogens with two attached hydrogens (primary N) is 1. The van der Waals surface area contributed by atoms with E-state index in [2.05, 4.69) is 24.0 Å². The third-order valence-corrected chi connectivity index (χ3v) is 3.49. The van der Waals surface area contributed by atoms with Gasteiger partial charge in [0.1, 0.15) is 0 Å². The summed E-state index contributed by atoms with van der Waals surface area (Å²) in [6, 6.07) is 8.38. The summed E-state index contributed by atoms with van der Waals surface area (Å²) < 4.78 is 0. The van der Waals surface area contributed by atoms with Gasteiger partial charge in [-0.15, -0.1) is 0 Å². The molecule has 0 aliphatic heterocycles. The highest BCUT2D eigenvalue weighted by atomic mass is 16.2. The molecule has 1 rings (SSSR count). The minimum Gasteiger partial charge on any atom is -0.349 e. The van der Waals surface area contributed by atoms with Crippen LogP contribution in [-0.2, 0) is 11.3 Å². The van der Waals surface area contributed by atoms with Crippen molar-refractivity contribution in [3.63, 3.8) is 0 Å².